The number of anilines is 1. The Labute approximate surface area is 136 Å². The zero-order valence-corrected chi connectivity index (χ0v) is 13.9. The van der Waals surface area contributed by atoms with E-state index in [0.29, 0.717) is 34.7 Å². The van der Waals surface area contributed by atoms with E-state index in [0.717, 1.165) is 13.1 Å². The van der Waals surface area contributed by atoms with Crippen molar-refractivity contribution in [2.45, 2.75) is 32.2 Å². The van der Waals surface area contributed by atoms with Crippen LogP contribution in [-0.4, -0.2) is 43.7 Å². The lowest BCUT2D eigenvalue weighted by Crippen LogP contribution is -2.39. The van der Waals surface area contributed by atoms with Gasteiger partial charge in [-0.3, -0.25) is 4.90 Å². The van der Waals surface area contributed by atoms with Gasteiger partial charge in [-0.25, -0.2) is 4.79 Å². The van der Waals surface area contributed by atoms with Crippen LogP contribution in [0.4, 0.5) is 5.69 Å². The molecule has 6 heteroatoms. The Morgan fingerprint density at radius 1 is 1.45 bits per heavy atom. The van der Waals surface area contributed by atoms with Crippen LogP contribution < -0.4 is 10.5 Å². The first kappa shape index (κ1) is 16.9. The number of rotatable bonds is 5. The van der Waals surface area contributed by atoms with Crippen molar-refractivity contribution in [3.63, 3.8) is 0 Å². The van der Waals surface area contributed by atoms with Crippen LogP contribution in [0, 0.1) is 0 Å². The summed E-state index contributed by atoms with van der Waals surface area (Å²) in [6.45, 7) is 4.38. The van der Waals surface area contributed by atoms with Crippen LogP contribution in [0.2, 0.25) is 5.02 Å². The number of methoxy groups -OCH3 is 1. The molecule has 0 amide bonds. The van der Waals surface area contributed by atoms with Crippen LogP contribution in [-0.2, 0) is 4.74 Å². The highest BCUT2D eigenvalue weighted by molar-refractivity contribution is 6.33. The van der Waals surface area contributed by atoms with E-state index in [1.54, 1.807) is 0 Å². The maximum absolute atomic E-state index is 12.2. The number of nitrogens with two attached hydrogens (primary N) is 1. The van der Waals surface area contributed by atoms with Crippen LogP contribution in [0.15, 0.2) is 12.1 Å². The van der Waals surface area contributed by atoms with Crippen LogP contribution in [0.5, 0.6) is 5.75 Å². The molecule has 1 aromatic rings. The van der Waals surface area contributed by atoms with Crippen LogP contribution >= 0.6 is 11.6 Å². The van der Waals surface area contributed by atoms with Gasteiger partial charge in [-0.05, 0) is 32.4 Å². The van der Waals surface area contributed by atoms with E-state index >= 15 is 0 Å². The molecule has 1 atom stereocenters. The van der Waals surface area contributed by atoms with Gasteiger partial charge in [0.05, 0.1) is 17.8 Å². The Bertz CT molecular complexity index is 536. The lowest BCUT2D eigenvalue weighted by atomic mass is 10.0. The molecule has 5 nitrogen and oxygen atoms in total. The minimum Gasteiger partial charge on any atom is -0.496 e. The highest BCUT2D eigenvalue weighted by Crippen LogP contribution is 2.29. The second-order valence-corrected chi connectivity index (χ2v) is 6.00. The lowest BCUT2D eigenvalue weighted by Gasteiger charge is -2.32. The van der Waals surface area contributed by atoms with Crippen LogP contribution in [0.1, 0.15) is 36.5 Å². The second kappa shape index (κ2) is 7.70. The first-order valence-corrected chi connectivity index (χ1v) is 7.95. The van der Waals surface area contributed by atoms with Gasteiger partial charge in [0.1, 0.15) is 17.9 Å². The van der Waals surface area contributed by atoms with Gasteiger partial charge >= 0.3 is 5.97 Å². The summed E-state index contributed by atoms with van der Waals surface area (Å²) in [5.41, 5.74) is 6.38. The topological polar surface area (TPSA) is 64.8 Å². The van der Waals surface area contributed by atoms with Gasteiger partial charge < -0.3 is 15.2 Å². The quantitative estimate of drug-likeness (QED) is 0.665. The third-order valence-electron chi connectivity index (χ3n) is 4.09. The number of ether oxygens (including phenoxy) is 2. The number of halogens is 1. The minimum absolute atomic E-state index is 0.299. The van der Waals surface area contributed by atoms with Gasteiger partial charge in [0, 0.05) is 18.7 Å². The SMILES string of the molecule is COc1cc(N)c(Cl)cc1C(=O)OCCN1CCCC[C@H]1C. The molecule has 0 radical (unpaired) electrons. The monoisotopic (exact) mass is 326 g/mol. The zero-order chi connectivity index (χ0) is 16.1. The molecule has 0 unspecified atom stereocenters. The Balaban J connectivity index is 1.93. The number of nitrogens with zero attached hydrogens (tertiary/aromatic N) is 1. The molecular formula is C16H23ClN2O3. The molecule has 0 aromatic heterocycles. The highest BCUT2D eigenvalue weighted by atomic mass is 35.5. The summed E-state index contributed by atoms with van der Waals surface area (Å²) < 4.78 is 10.5. The molecule has 0 saturated carbocycles. The summed E-state index contributed by atoms with van der Waals surface area (Å²) in [4.78, 5) is 14.5. The van der Waals surface area contributed by atoms with Crippen molar-refractivity contribution in [3.8, 4) is 5.75 Å². The number of likely N-dealkylation sites (tertiary alicyclic amines) is 1. The molecule has 22 heavy (non-hydrogen) atoms. The zero-order valence-electron chi connectivity index (χ0n) is 13.1. The van der Waals surface area contributed by atoms with Crippen LogP contribution in [0.25, 0.3) is 0 Å². The summed E-state index contributed by atoms with van der Waals surface area (Å²) in [6.07, 6.45) is 3.69. The standard InChI is InChI=1S/C16H23ClN2O3/c1-11-5-3-4-6-19(11)7-8-22-16(20)12-9-13(17)14(18)10-15(12)21-2/h9-11H,3-8,18H2,1-2H3/t11-/m1/s1. The fourth-order valence-corrected chi connectivity index (χ4v) is 2.88. The summed E-state index contributed by atoms with van der Waals surface area (Å²) in [5.74, 6) is -0.0679. The Hall–Kier alpha value is -1.46. The molecule has 0 bridgehead atoms. The van der Waals surface area contributed by atoms with Crippen molar-refractivity contribution in [2.24, 2.45) is 0 Å². The van der Waals surface area contributed by atoms with E-state index in [1.165, 1.54) is 38.5 Å². The van der Waals surface area contributed by atoms with Gasteiger partial charge in [0.15, 0.2) is 0 Å². The van der Waals surface area contributed by atoms with Crippen molar-refractivity contribution in [2.75, 3.05) is 32.5 Å². The Morgan fingerprint density at radius 3 is 2.91 bits per heavy atom. The van der Waals surface area contributed by atoms with Gasteiger partial charge in [0.25, 0.3) is 0 Å². The van der Waals surface area contributed by atoms with Crippen LogP contribution in [0.3, 0.4) is 0 Å². The van der Waals surface area contributed by atoms with Gasteiger partial charge in [0.2, 0.25) is 0 Å². The van der Waals surface area contributed by atoms with Crippen molar-refractivity contribution in [3.05, 3.63) is 22.7 Å². The minimum atomic E-state index is -0.441. The molecule has 1 aromatic carbocycles. The molecule has 2 N–H and O–H groups in total. The van der Waals surface area contributed by atoms with Crippen molar-refractivity contribution >= 4 is 23.3 Å². The first-order chi connectivity index (χ1) is 10.5. The molecule has 1 aliphatic heterocycles. The summed E-state index contributed by atoms with van der Waals surface area (Å²) in [5, 5.41) is 0.317. The van der Waals surface area contributed by atoms with E-state index in [9.17, 15) is 4.79 Å². The molecule has 0 spiro atoms. The van der Waals surface area contributed by atoms with E-state index in [1.807, 2.05) is 0 Å². The van der Waals surface area contributed by atoms with E-state index in [2.05, 4.69) is 11.8 Å². The number of hydrogen-bond acceptors (Lipinski definition) is 5. The highest BCUT2D eigenvalue weighted by Gasteiger charge is 2.20. The van der Waals surface area contributed by atoms with Gasteiger partial charge in [-0.1, -0.05) is 18.0 Å². The summed E-state index contributed by atoms with van der Waals surface area (Å²) in [7, 11) is 1.48. The number of benzene rings is 1. The smallest absolute Gasteiger partial charge is 0.342 e. The fourth-order valence-electron chi connectivity index (χ4n) is 2.72. The largest absolute Gasteiger partial charge is 0.496 e. The maximum Gasteiger partial charge on any atom is 0.342 e. The molecule has 0 aliphatic carbocycles. The average molecular weight is 327 g/mol. The Kier molecular flexibility index (Phi) is 5.91. The molecule has 1 heterocycles. The van der Waals surface area contributed by atoms with E-state index in [-0.39, 0.29) is 0 Å². The number of carbonyl (C=O) groups excluding carboxylic acids is 1. The first-order valence-electron chi connectivity index (χ1n) is 7.57. The lowest BCUT2D eigenvalue weighted by molar-refractivity contribution is 0.0413. The van der Waals surface area contributed by atoms with E-state index in [4.69, 9.17) is 26.8 Å². The third-order valence-corrected chi connectivity index (χ3v) is 4.42. The molecule has 2 rings (SSSR count). The third kappa shape index (κ3) is 4.05. The summed E-state index contributed by atoms with van der Waals surface area (Å²) >= 11 is 5.97. The summed E-state index contributed by atoms with van der Waals surface area (Å²) in [6, 6.07) is 3.57. The van der Waals surface area contributed by atoms with Crippen molar-refractivity contribution < 1.29 is 14.3 Å². The molecule has 1 aliphatic rings. The van der Waals surface area contributed by atoms with E-state index < -0.39 is 5.97 Å². The molecule has 122 valence electrons. The van der Waals surface area contributed by atoms with Crippen molar-refractivity contribution in [1.29, 1.82) is 0 Å². The number of hydrogen-bond donors (Lipinski definition) is 1. The number of piperidine rings is 1. The number of esters is 1. The molecular weight excluding hydrogens is 304 g/mol. The number of carbonyl (C=O) groups is 1. The van der Waals surface area contributed by atoms with Crippen molar-refractivity contribution in [1.82, 2.24) is 4.90 Å². The molecule has 1 fully saturated rings. The maximum atomic E-state index is 12.2. The predicted molar refractivity (Wildman–Crippen MR) is 87.6 cm³/mol. The van der Waals surface area contributed by atoms with Gasteiger partial charge in [-0.15, -0.1) is 0 Å². The Morgan fingerprint density at radius 2 is 2.23 bits per heavy atom. The second-order valence-electron chi connectivity index (χ2n) is 5.59. The average Bonchev–Trinajstić information content (AvgIpc) is 2.51. The molecule has 1 saturated heterocycles. The fraction of sp³-hybridized carbons (Fsp3) is 0.562. The number of nitrogen functional groups attached to an aromatic ring is 1. The van der Waals surface area contributed by atoms with Gasteiger partial charge in [-0.2, -0.15) is 0 Å². The normalized spacial score (nSPS) is 19.0. The predicted octanol–water partition coefficient (Wildman–Crippen LogP) is 2.96.